The van der Waals surface area contributed by atoms with E-state index in [1.54, 1.807) is 43.2 Å². The lowest BCUT2D eigenvalue weighted by Crippen LogP contribution is -2.46. The number of hydrogen-bond acceptors (Lipinski definition) is 22. The fourth-order valence-corrected chi connectivity index (χ4v) is 15.1. The first-order chi connectivity index (χ1) is 30.9. The average Bonchev–Trinajstić information content (AvgIpc) is 3.97. The third kappa shape index (κ3) is 11.3. The van der Waals surface area contributed by atoms with Crippen LogP contribution in [0.1, 0.15) is 67.8 Å². The molecule has 4 aliphatic rings. The Bertz CT molecular complexity index is 2300. The van der Waals surface area contributed by atoms with Crippen LogP contribution in [0.4, 0.5) is 20.7 Å². The maximum atomic E-state index is 16.1. The van der Waals surface area contributed by atoms with Gasteiger partial charge in [-0.1, -0.05) is 84.7 Å². The minimum atomic E-state index is -3.70. The fraction of sp³-hybridized carbons (Fsp3) is 0.722. The minimum absolute atomic E-state index is 0.0483. The number of nitrogen functional groups attached to an aromatic ring is 2. The highest BCUT2D eigenvalue weighted by Crippen LogP contribution is 2.58. The van der Waals surface area contributed by atoms with Crippen molar-refractivity contribution in [1.82, 2.24) is 49.2 Å². The SMILES string of the molecule is COc1nc(N)nc2c1ncn2[C@@H]1O[C@@H]2CO[P@@](=O)(NCCSSC(C)(C)C)O[C@H]2[C@@]1(C)F.COc1nc(N)nc2c1ncn2[C@@H]1O[C@@H]2CO[P@](=O)(NCCSSC(C)(C)C)O[C@H]2[C@@]1(C)F. The van der Waals surface area contributed by atoms with Gasteiger partial charge in [0.1, 0.15) is 24.4 Å². The van der Waals surface area contributed by atoms with E-state index in [-0.39, 0.29) is 57.7 Å². The summed E-state index contributed by atoms with van der Waals surface area (Å²) < 4.78 is 106. The molecule has 4 aromatic rings. The maximum absolute atomic E-state index is 16.1. The molecule has 30 heteroatoms. The molecule has 0 aliphatic carbocycles. The van der Waals surface area contributed by atoms with Crippen molar-refractivity contribution in [1.29, 1.82) is 0 Å². The van der Waals surface area contributed by atoms with E-state index in [0.717, 1.165) is 0 Å². The third-order valence-corrected chi connectivity index (χ3v) is 19.9. The standard InChI is InChI=1S/2C18H28FN6O5PS2/c2*1-17(2,3)33-32-7-6-22-31(26)28-8-10-12(30-31)18(4,19)15(29-10)25-9-21-11-13(25)23-16(20)24-14(11)27-5/h2*9-10,12,15H,6-8H2,1-5H3,(H,22,26)(H2,20,23,24)/t10-,12-,15-,18-,31+;10-,12-,15-,18-,31-/m11/s1. The van der Waals surface area contributed by atoms with E-state index >= 15 is 8.78 Å². The van der Waals surface area contributed by atoms with Gasteiger partial charge in [0.15, 0.2) is 46.1 Å². The molecule has 10 atom stereocenters. The van der Waals surface area contributed by atoms with E-state index in [2.05, 4.69) is 81.6 Å². The Balaban J connectivity index is 0.000000196. The molecule has 0 radical (unpaired) electrons. The molecule has 0 bridgehead atoms. The largest absolute Gasteiger partial charge is 0.479 e. The zero-order valence-corrected chi connectivity index (χ0v) is 43.0. The molecule has 0 amide bonds. The molecule has 368 valence electrons. The molecule has 0 spiro atoms. The predicted molar refractivity (Wildman–Crippen MR) is 252 cm³/mol. The van der Waals surface area contributed by atoms with Crippen molar-refractivity contribution in [2.75, 3.05) is 63.5 Å². The van der Waals surface area contributed by atoms with Crippen LogP contribution in [0.3, 0.4) is 0 Å². The fourth-order valence-electron chi connectivity index (χ4n) is 7.21. The second-order valence-electron chi connectivity index (χ2n) is 17.7. The summed E-state index contributed by atoms with van der Waals surface area (Å²) in [5.41, 5.74) is 8.54. The van der Waals surface area contributed by atoms with Gasteiger partial charge in [-0.05, 0) is 13.8 Å². The Morgan fingerprint density at radius 3 is 1.45 bits per heavy atom. The van der Waals surface area contributed by atoms with Gasteiger partial charge in [0.25, 0.3) is 0 Å². The van der Waals surface area contributed by atoms with Crippen LogP contribution >= 0.6 is 58.7 Å². The topological polar surface area (TPSA) is 271 Å². The van der Waals surface area contributed by atoms with Crippen LogP contribution < -0.4 is 31.1 Å². The smallest absolute Gasteiger partial charge is 0.406 e. The first-order valence-corrected chi connectivity index (χ1v) is 28.3. The summed E-state index contributed by atoms with van der Waals surface area (Å²) in [6.07, 6.45) is -3.34. The van der Waals surface area contributed by atoms with Crippen LogP contribution in [-0.4, -0.2) is 136 Å². The normalized spacial score (nSPS) is 32.2. The average molecular weight is 1050 g/mol. The van der Waals surface area contributed by atoms with Crippen LogP contribution in [-0.2, 0) is 36.7 Å². The number of fused-ring (bicyclic) bond motifs is 4. The lowest BCUT2D eigenvalue weighted by molar-refractivity contribution is -0.0607. The summed E-state index contributed by atoms with van der Waals surface area (Å²) in [6, 6.07) is 0. The van der Waals surface area contributed by atoms with Gasteiger partial charge in [-0.15, -0.1) is 0 Å². The quantitative estimate of drug-likeness (QED) is 0.0583. The maximum Gasteiger partial charge on any atom is 0.406 e. The Morgan fingerprint density at radius 2 is 1.11 bits per heavy atom. The molecule has 4 fully saturated rings. The number of anilines is 2. The van der Waals surface area contributed by atoms with Crippen molar-refractivity contribution < 1.29 is 55.0 Å². The molecule has 8 heterocycles. The molecule has 6 N–H and O–H groups in total. The Kier molecular flexibility index (Phi) is 15.5. The van der Waals surface area contributed by atoms with Crippen molar-refractivity contribution in [3.8, 4) is 11.8 Å². The number of ether oxygens (including phenoxy) is 4. The van der Waals surface area contributed by atoms with Crippen LogP contribution in [0.25, 0.3) is 22.3 Å². The van der Waals surface area contributed by atoms with E-state index in [0.29, 0.717) is 35.6 Å². The molecule has 4 aliphatic heterocycles. The van der Waals surface area contributed by atoms with Crippen LogP contribution in [0.2, 0.25) is 0 Å². The lowest BCUT2D eigenvalue weighted by Gasteiger charge is -2.34. The van der Waals surface area contributed by atoms with E-state index in [9.17, 15) is 9.13 Å². The number of rotatable bonds is 14. The van der Waals surface area contributed by atoms with Crippen LogP contribution in [0.5, 0.6) is 11.8 Å². The molecule has 22 nitrogen and oxygen atoms in total. The number of halogens is 2. The number of aromatic nitrogens is 8. The number of hydrogen-bond donors (Lipinski definition) is 4. The summed E-state index contributed by atoms with van der Waals surface area (Å²) in [5.74, 6) is 1.61. The predicted octanol–water partition coefficient (Wildman–Crippen LogP) is 6.67. The first-order valence-electron chi connectivity index (χ1n) is 20.6. The van der Waals surface area contributed by atoms with Crippen molar-refractivity contribution in [3.63, 3.8) is 0 Å². The molecular weight excluding hydrogens is 989 g/mol. The molecule has 0 saturated carbocycles. The van der Waals surface area contributed by atoms with Gasteiger partial charge in [-0.25, -0.2) is 38.1 Å². The summed E-state index contributed by atoms with van der Waals surface area (Å²) in [5, 5.41) is 5.64. The van der Waals surface area contributed by atoms with Gasteiger partial charge >= 0.3 is 15.5 Å². The summed E-state index contributed by atoms with van der Waals surface area (Å²) in [7, 11) is 2.21. The number of nitrogens with zero attached hydrogens (tertiary/aromatic N) is 8. The molecule has 4 saturated heterocycles. The highest BCUT2D eigenvalue weighted by molar-refractivity contribution is 8.77. The van der Waals surface area contributed by atoms with Crippen molar-refractivity contribution in [3.05, 3.63) is 12.7 Å². The van der Waals surface area contributed by atoms with Gasteiger partial charge < -0.3 is 30.4 Å². The van der Waals surface area contributed by atoms with Gasteiger partial charge in [0.05, 0.1) is 40.1 Å². The Morgan fingerprint density at radius 1 is 0.727 bits per heavy atom. The Labute approximate surface area is 396 Å². The monoisotopic (exact) mass is 1040 g/mol. The van der Waals surface area contributed by atoms with Gasteiger partial charge in [0, 0.05) is 34.1 Å². The van der Waals surface area contributed by atoms with Gasteiger partial charge in [0.2, 0.25) is 23.7 Å². The molecular formula is C36H56F2N12O10P2S4. The second kappa shape index (κ2) is 19.8. The van der Waals surface area contributed by atoms with Crippen molar-refractivity contribution >= 4 is 92.9 Å². The highest BCUT2D eigenvalue weighted by Gasteiger charge is 2.62. The summed E-state index contributed by atoms with van der Waals surface area (Å²) in [6.45, 7) is 16.0. The lowest BCUT2D eigenvalue weighted by atomic mass is 9.98. The minimum Gasteiger partial charge on any atom is -0.479 e. The first kappa shape index (κ1) is 51.5. The van der Waals surface area contributed by atoms with Crippen molar-refractivity contribution in [2.24, 2.45) is 0 Å². The van der Waals surface area contributed by atoms with E-state index < -0.39 is 63.7 Å². The summed E-state index contributed by atoms with van der Waals surface area (Å²) >= 11 is 0. The molecule has 8 rings (SSSR count). The van der Waals surface area contributed by atoms with Gasteiger partial charge in [-0.3, -0.25) is 27.2 Å². The number of alkyl halides is 2. The molecule has 0 unspecified atom stereocenters. The number of nitrogens with one attached hydrogen (secondary N) is 2. The zero-order valence-electron chi connectivity index (χ0n) is 38.0. The number of imidazole rings is 2. The van der Waals surface area contributed by atoms with E-state index in [1.807, 2.05) is 0 Å². The molecule has 4 aromatic heterocycles. The summed E-state index contributed by atoms with van der Waals surface area (Å²) in [4.78, 5) is 24.8. The van der Waals surface area contributed by atoms with Gasteiger partial charge in [-0.2, -0.15) is 19.9 Å². The van der Waals surface area contributed by atoms with Crippen molar-refractivity contribution in [2.45, 2.75) is 113 Å². The van der Waals surface area contributed by atoms with E-state index in [4.69, 9.17) is 48.5 Å². The third-order valence-electron chi connectivity index (χ3n) is 9.99. The second-order valence-corrected chi connectivity index (χ2v) is 27.7. The highest BCUT2D eigenvalue weighted by atomic mass is 33.1. The van der Waals surface area contributed by atoms with Crippen LogP contribution in [0, 0.1) is 0 Å². The van der Waals surface area contributed by atoms with E-state index in [1.165, 1.54) is 49.9 Å². The van der Waals surface area contributed by atoms with Crippen LogP contribution in [0.15, 0.2) is 12.7 Å². The zero-order chi connectivity index (χ0) is 48.0. The molecule has 66 heavy (non-hydrogen) atoms. The number of nitrogens with two attached hydrogens (primary N) is 2. The Hall–Kier alpha value is -2.30. The molecule has 0 aromatic carbocycles. The number of methoxy groups -OCH3 is 2.